The monoisotopic (exact) mass is 164 g/mol. The first-order chi connectivity index (χ1) is 5.91. The average molecular weight is 164 g/mol. The molecule has 12 heavy (non-hydrogen) atoms. The van der Waals surface area contributed by atoms with Gasteiger partial charge in [-0.3, -0.25) is 0 Å². The first kappa shape index (κ1) is 11.2. The standard InChI is InChI=1S/C12H20/c1-3-5-7-9-11-12-10-8-6-4-2/h3,5,7,9,11H,1,4,6,8,10,12H2,2H3/b7-5+,11-9+. The van der Waals surface area contributed by atoms with E-state index in [0.717, 1.165) is 0 Å². The summed E-state index contributed by atoms with van der Waals surface area (Å²) in [6.45, 7) is 5.84. The van der Waals surface area contributed by atoms with Crippen LogP contribution in [-0.4, -0.2) is 0 Å². The van der Waals surface area contributed by atoms with E-state index in [2.05, 4.69) is 25.7 Å². The lowest BCUT2D eigenvalue weighted by molar-refractivity contribution is 0.674. The average Bonchev–Trinajstić information content (AvgIpc) is 2.10. The van der Waals surface area contributed by atoms with Crippen LogP contribution in [0, 0.1) is 0 Å². The number of allylic oxidation sites excluding steroid dienone is 5. The SMILES string of the molecule is C=C/C=C/C=C/CCCCCC. The van der Waals surface area contributed by atoms with Gasteiger partial charge in [0.25, 0.3) is 0 Å². The summed E-state index contributed by atoms with van der Waals surface area (Å²) >= 11 is 0. The summed E-state index contributed by atoms with van der Waals surface area (Å²) in [4.78, 5) is 0. The van der Waals surface area contributed by atoms with Gasteiger partial charge in [-0.1, -0.05) is 63.1 Å². The highest BCUT2D eigenvalue weighted by molar-refractivity contribution is 5.08. The lowest BCUT2D eigenvalue weighted by atomic mass is 10.1. The molecule has 0 aromatic rings. The molecule has 0 N–H and O–H groups in total. The van der Waals surface area contributed by atoms with Gasteiger partial charge in [-0.15, -0.1) is 0 Å². The number of unbranched alkanes of at least 4 members (excludes halogenated alkanes) is 4. The van der Waals surface area contributed by atoms with Gasteiger partial charge >= 0.3 is 0 Å². The minimum atomic E-state index is 1.21. The second-order valence-electron chi connectivity index (χ2n) is 2.90. The molecule has 68 valence electrons. The van der Waals surface area contributed by atoms with Crippen molar-refractivity contribution in [2.75, 3.05) is 0 Å². The Labute approximate surface area is 76.7 Å². The molecule has 0 unspecified atom stereocenters. The summed E-state index contributed by atoms with van der Waals surface area (Å²) in [5.41, 5.74) is 0. The summed E-state index contributed by atoms with van der Waals surface area (Å²) in [7, 11) is 0. The van der Waals surface area contributed by atoms with Crippen LogP contribution in [0.4, 0.5) is 0 Å². The van der Waals surface area contributed by atoms with E-state index < -0.39 is 0 Å². The van der Waals surface area contributed by atoms with Crippen LogP contribution >= 0.6 is 0 Å². The second kappa shape index (κ2) is 10.2. The van der Waals surface area contributed by atoms with Crippen molar-refractivity contribution >= 4 is 0 Å². The molecule has 0 heteroatoms. The van der Waals surface area contributed by atoms with E-state index in [1.165, 1.54) is 32.1 Å². The molecular formula is C12H20. The van der Waals surface area contributed by atoms with Crippen LogP contribution in [0.5, 0.6) is 0 Å². The molecule has 0 atom stereocenters. The first-order valence-electron chi connectivity index (χ1n) is 4.86. The van der Waals surface area contributed by atoms with Crippen LogP contribution < -0.4 is 0 Å². The Bertz CT molecular complexity index is 140. The molecule has 0 spiro atoms. The molecule has 0 nitrogen and oxygen atoms in total. The molecule has 0 heterocycles. The van der Waals surface area contributed by atoms with E-state index in [1.807, 2.05) is 12.2 Å². The summed E-state index contributed by atoms with van der Waals surface area (Å²) in [6.07, 6.45) is 16.7. The zero-order valence-corrected chi connectivity index (χ0v) is 8.13. The summed E-state index contributed by atoms with van der Waals surface area (Å²) < 4.78 is 0. The molecular weight excluding hydrogens is 144 g/mol. The Morgan fingerprint density at radius 2 is 1.83 bits per heavy atom. The summed E-state index contributed by atoms with van der Waals surface area (Å²) in [6, 6.07) is 0. The largest absolute Gasteiger partial charge is 0.0991 e. The Morgan fingerprint density at radius 3 is 2.50 bits per heavy atom. The van der Waals surface area contributed by atoms with Crippen molar-refractivity contribution < 1.29 is 0 Å². The summed E-state index contributed by atoms with van der Waals surface area (Å²) in [5.74, 6) is 0. The van der Waals surface area contributed by atoms with Gasteiger partial charge in [0.15, 0.2) is 0 Å². The van der Waals surface area contributed by atoms with Gasteiger partial charge < -0.3 is 0 Å². The molecule has 0 aromatic carbocycles. The molecule has 0 bridgehead atoms. The third-order valence-corrected chi connectivity index (χ3v) is 1.72. The molecule has 0 aliphatic carbocycles. The molecule has 0 aliphatic rings. The Hall–Kier alpha value is -0.780. The number of hydrogen-bond donors (Lipinski definition) is 0. The van der Waals surface area contributed by atoms with E-state index in [9.17, 15) is 0 Å². The van der Waals surface area contributed by atoms with E-state index >= 15 is 0 Å². The highest BCUT2D eigenvalue weighted by atomic mass is 13.9. The molecule has 0 fully saturated rings. The fourth-order valence-corrected chi connectivity index (χ4v) is 1.01. The van der Waals surface area contributed by atoms with Gasteiger partial charge in [0.1, 0.15) is 0 Å². The second-order valence-corrected chi connectivity index (χ2v) is 2.90. The maximum absolute atomic E-state index is 3.60. The van der Waals surface area contributed by atoms with Gasteiger partial charge in [-0.2, -0.15) is 0 Å². The smallest absolute Gasteiger partial charge is 0.0348 e. The Morgan fingerprint density at radius 1 is 1.00 bits per heavy atom. The minimum Gasteiger partial charge on any atom is -0.0991 e. The van der Waals surface area contributed by atoms with Crippen LogP contribution in [-0.2, 0) is 0 Å². The zero-order chi connectivity index (χ0) is 9.07. The maximum Gasteiger partial charge on any atom is -0.0348 e. The molecule has 0 aromatic heterocycles. The molecule has 0 aliphatic heterocycles. The van der Waals surface area contributed by atoms with E-state index in [-0.39, 0.29) is 0 Å². The summed E-state index contributed by atoms with van der Waals surface area (Å²) in [5, 5.41) is 0. The van der Waals surface area contributed by atoms with E-state index in [1.54, 1.807) is 6.08 Å². The van der Waals surface area contributed by atoms with Crippen molar-refractivity contribution in [3.8, 4) is 0 Å². The molecule has 0 rings (SSSR count). The Kier molecular flexibility index (Phi) is 9.56. The first-order valence-corrected chi connectivity index (χ1v) is 4.86. The molecule has 0 saturated carbocycles. The van der Waals surface area contributed by atoms with Gasteiger partial charge in [0.05, 0.1) is 0 Å². The molecule has 0 amide bonds. The predicted molar refractivity (Wildman–Crippen MR) is 57.2 cm³/mol. The van der Waals surface area contributed by atoms with Crippen molar-refractivity contribution in [3.05, 3.63) is 37.0 Å². The third kappa shape index (κ3) is 9.22. The molecule has 0 saturated heterocycles. The van der Waals surface area contributed by atoms with Crippen molar-refractivity contribution in [3.63, 3.8) is 0 Å². The minimum absolute atomic E-state index is 1.21. The van der Waals surface area contributed by atoms with Gasteiger partial charge in [0.2, 0.25) is 0 Å². The van der Waals surface area contributed by atoms with Crippen LogP contribution in [0.15, 0.2) is 37.0 Å². The van der Waals surface area contributed by atoms with Crippen LogP contribution in [0.25, 0.3) is 0 Å². The van der Waals surface area contributed by atoms with Crippen LogP contribution in [0.2, 0.25) is 0 Å². The predicted octanol–water partition coefficient (Wildman–Crippen LogP) is 4.26. The maximum atomic E-state index is 3.60. The Balaban J connectivity index is 3.13. The third-order valence-electron chi connectivity index (χ3n) is 1.72. The number of rotatable bonds is 7. The van der Waals surface area contributed by atoms with Crippen molar-refractivity contribution in [2.45, 2.75) is 39.0 Å². The highest BCUT2D eigenvalue weighted by Gasteiger charge is 1.82. The highest BCUT2D eigenvalue weighted by Crippen LogP contribution is 2.02. The van der Waals surface area contributed by atoms with Crippen LogP contribution in [0.3, 0.4) is 0 Å². The lowest BCUT2D eigenvalue weighted by Gasteiger charge is -1.92. The quantitative estimate of drug-likeness (QED) is 0.389. The van der Waals surface area contributed by atoms with Gasteiger partial charge in [0, 0.05) is 0 Å². The topological polar surface area (TPSA) is 0 Å². The van der Waals surface area contributed by atoms with Gasteiger partial charge in [-0.05, 0) is 12.8 Å². The van der Waals surface area contributed by atoms with Crippen molar-refractivity contribution in [1.29, 1.82) is 0 Å². The lowest BCUT2D eigenvalue weighted by Crippen LogP contribution is -1.72. The van der Waals surface area contributed by atoms with Gasteiger partial charge in [-0.25, -0.2) is 0 Å². The number of hydrogen-bond acceptors (Lipinski definition) is 0. The fourth-order valence-electron chi connectivity index (χ4n) is 1.01. The van der Waals surface area contributed by atoms with Crippen molar-refractivity contribution in [1.82, 2.24) is 0 Å². The zero-order valence-electron chi connectivity index (χ0n) is 8.13. The molecule has 0 radical (unpaired) electrons. The fraction of sp³-hybridized carbons (Fsp3) is 0.500. The van der Waals surface area contributed by atoms with Crippen molar-refractivity contribution in [2.24, 2.45) is 0 Å². The van der Waals surface area contributed by atoms with Crippen LogP contribution in [0.1, 0.15) is 39.0 Å². The normalized spacial score (nSPS) is 11.4. The van der Waals surface area contributed by atoms with E-state index in [4.69, 9.17) is 0 Å². The van der Waals surface area contributed by atoms with E-state index in [0.29, 0.717) is 0 Å².